The Morgan fingerprint density at radius 2 is 2.27 bits per heavy atom. The van der Waals surface area contributed by atoms with E-state index in [4.69, 9.17) is 9.84 Å². The van der Waals surface area contributed by atoms with Gasteiger partial charge in [0, 0.05) is 6.42 Å². The van der Waals surface area contributed by atoms with E-state index in [-0.39, 0.29) is 6.42 Å². The summed E-state index contributed by atoms with van der Waals surface area (Å²) in [6, 6.07) is 6.18. The van der Waals surface area contributed by atoms with Crippen LogP contribution in [0.15, 0.2) is 18.2 Å². The molecule has 0 fully saturated rings. The van der Waals surface area contributed by atoms with Crippen LogP contribution in [0.1, 0.15) is 23.1 Å². The number of carbonyl (C=O) groups is 1. The zero-order chi connectivity index (χ0) is 10.7. The fourth-order valence-corrected chi connectivity index (χ4v) is 1.83. The Labute approximate surface area is 88.7 Å². The predicted molar refractivity (Wildman–Crippen MR) is 55.8 cm³/mol. The van der Waals surface area contributed by atoms with Gasteiger partial charge in [-0.2, -0.15) is 0 Å². The highest BCUT2D eigenvalue weighted by Crippen LogP contribution is 2.19. The van der Waals surface area contributed by atoms with Gasteiger partial charge >= 0.3 is 5.97 Å². The monoisotopic (exact) mass is 206 g/mol. The number of ether oxygens (including phenoxy) is 1. The largest absolute Gasteiger partial charge is 0.481 e. The number of aliphatic carboxylic acids is 1. The summed E-state index contributed by atoms with van der Waals surface area (Å²) < 4.78 is 5.36. The van der Waals surface area contributed by atoms with E-state index < -0.39 is 5.97 Å². The number of hydrogen-bond donors (Lipinski definition) is 1. The van der Waals surface area contributed by atoms with Crippen LogP contribution in [0.2, 0.25) is 0 Å². The van der Waals surface area contributed by atoms with Gasteiger partial charge in [0.1, 0.15) is 0 Å². The van der Waals surface area contributed by atoms with Crippen LogP contribution in [0, 0.1) is 0 Å². The van der Waals surface area contributed by atoms with Crippen LogP contribution in [0.4, 0.5) is 0 Å². The van der Waals surface area contributed by atoms with Crippen LogP contribution < -0.4 is 0 Å². The molecule has 0 saturated heterocycles. The van der Waals surface area contributed by atoms with Crippen molar-refractivity contribution >= 4 is 5.97 Å². The fourth-order valence-electron chi connectivity index (χ4n) is 1.83. The van der Waals surface area contributed by atoms with Crippen LogP contribution in [0.25, 0.3) is 0 Å². The van der Waals surface area contributed by atoms with Crippen molar-refractivity contribution in [1.29, 1.82) is 0 Å². The molecule has 0 bridgehead atoms. The molecule has 0 aliphatic carbocycles. The van der Waals surface area contributed by atoms with Gasteiger partial charge in [0.05, 0.1) is 13.2 Å². The topological polar surface area (TPSA) is 46.5 Å². The van der Waals surface area contributed by atoms with Crippen LogP contribution >= 0.6 is 0 Å². The van der Waals surface area contributed by atoms with Crippen molar-refractivity contribution in [2.45, 2.75) is 25.9 Å². The maximum absolute atomic E-state index is 10.4. The Kier molecular flexibility index (Phi) is 3.02. The minimum atomic E-state index is -0.746. The summed E-state index contributed by atoms with van der Waals surface area (Å²) in [5.41, 5.74) is 3.63. The molecule has 0 atom stereocenters. The molecule has 3 nitrogen and oxygen atoms in total. The second-order valence-electron chi connectivity index (χ2n) is 3.80. The molecule has 1 aromatic carbocycles. The fraction of sp³-hybridized carbons (Fsp3) is 0.417. The molecular formula is C12H14O3. The average Bonchev–Trinajstić information content (AvgIpc) is 2.26. The van der Waals surface area contributed by atoms with Crippen LogP contribution in [0.3, 0.4) is 0 Å². The Bertz CT molecular complexity index is 371. The molecule has 0 aromatic heterocycles. The molecule has 3 heteroatoms. The highest BCUT2D eigenvalue weighted by atomic mass is 16.5. The lowest BCUT2D eigenvalue weighted by molar-refractivity contribution is -0.136. The van der Waals surface area contributed by atoms with Crippen molar-refractivity contribution in [3.8, 4) is 0 Å². The first kappa shape index (κ1) is 10.2. The Morgan fingerprint density at radius 1 is 1.40 bits per heavy atom. The van der Waals surface area contributed by atoms with Gasteiger partial charge in [0.15, 0.2) is 0 Å². The van der Waals surface area contributed by atoms with Crippen molar-refractivity contribution < 1.29 is 14.6 Å². The molecule has 1 aliphatic rings. The number of benzene rings is 1. The van der Waals surface area contributed by atoms with E-state index in [1.807, 2.05) is 6.07 Å². The summed E-state index contributed by atoms with van der Waals surface area (Å²) in [4.78, 5) is 10.4. The van der Waals surface area contributed by atoms with E-state index >= 15 is 0 Å². The summed E-state index contributed by atoms with van der Waals surface area (Å²) in [6.45, 7) is 1.46. The van der Waals surface area contributed by atoms with E-state index in [2.05, 4.69) is 12.1 Å². The number of rotatable bonds is 3. The Morgan fingerprint density at radius 3 is 3.07 bits per heavy atom. The van der Waals surface area contributed by atoms with Crippen molar-refractivity contribution in [2.75, 3.05) is 6.61 Å². The lowest BCUT2D eigenvalue weighted by Gasteiger charge is -2.17. The lowest BCUT2D eigenvalue weighted by Crippen LogP contribution is -2.10. The van der Waals surface area contributed by atoms with Crippen molar-refractivity contribution in [3.05, 3.63) is 34.9 Å². The molecule has 1 aliphatic heterocycles. The van der Waals surface area contributed by atoms with Crippen LogP contribution in [0.5, 0.6) is 0 Å². The molecule has 0 unspecified atom stereocenters. The maximum atomic E-state index is 10.4. The molecule has 1 N–H and O–H groups in total. The van der Waals surface area contributed by atoms with Crippen molar-refractivity contribution in [2.24, 2.45) is 0 Å². The third-order valence-electron chi connectivity index (χ3n) is 2.67. The minimum Gasteiger partial charge on any atom is -0.481 e. The molecule has 15 heavy (non-hydrogen) atoms. The Hall–Kier alpha value is -1.35. The highest BCUT2D eigenvalue weighted by Gasteiger charge is 2.09. The van der Waals surface area contributed by atoms with E-state index in [0.29, 0.717) is 13.0 Å². The average molecular weight is 206 g/mol. The molecule has 0 spiro atoms. The molecule has 1 heterocycles. The second-order valence-corrected chi connectivity index (χ2v) is 3.80. The normalized spacial score (nSPS) is 14.7. The SMILES string of the molecule is O=C(O)CCc1ccc2c(c1)COCC2. The predicted octanol–water partition coefficient (Wildman–Crippen LogP) is 1.78. The van der Waals surface area contributed by atoms with Crippen molar-refractivity contribution in [3.63, 3.8) is 0 Å². The van der Waals surface area contributed by atoms with E-state index in [1.165, 1.54) is 11.1 Å². The van der Waals surface area contributed by atoms with Crippen LogP contribution in [-0.4, -0.2) is 17.7 Å². The lowest BCUT2D eigenvalue weighted by atomic mass is 9.98. The molecule has 0 radical (unpaired) electrons. The zero-order valence-electron chi connectivity index (χ0n) is 8.53. The summed E-state index contributed by atoms with van der Waals surface area (Å²) in [5, 5.41) is 8.59. The molecular weight excluding hydrogens is 192 g/mol. The summed E-state index contributed by atoms with van der Waals surface area (Å²) in [5.74, 6) is -0.746. The Balaban J connectivity index is 2.10. The first-order valence-corrected chi connectivity index (χ1v) is 5.16. The van der Waals surface area contributed by atoms with Gasteiger partial charge in [-0.3, -0.25) is 4.79 Å². The van der Waals surface area contributed by atoms with Gasteiger partial charge in [0.25, 0.3) is 0 Å². The van der Waals surface area contributed by atoms with Crippen molar-refractivity contribution in [1.82, 2.24) is 0 Å². The van der Waals surface area contributed by atoms with Gasteiger partial charge in [-0.25, -0.2) is 0 Å². The third-order valence-corrected chi connectivity index (χ3v) is 2.67. The van der Waals surface area contributed by atoms with Gasteiger partial charge in [0.2, 0.25) is 0 Å². The van der Waals surface area contributed by atoms with Crippen LogP contribution in [-0.2, 0) is 29.0 Å². The standard InChI is InChI=1S/C12H14O3/c13-12(14)4-2-9-1-3-10-5-6-15-8-11(10)7-9/h1,3,7H,2,4-6,8H2,(H,13,14). The number of carboxylic acids is 1. The van der Waals surface area contributed by atoms with Gasteiger partial charge in [-0.1, -0.05) is 18.2 Å². The van der Waals surface area contributed by atoms with Gasteiger partial charge < -0.3 is 9.84 Å². The third kappa shape index (κ3) is 2.57. The number of hydrogen-bond acceptors (Lipinski definition) is 2. The van der Waals surface area contributed by atoms with E-state index in [0.717, 1.165) is 18.6 Å². The number of carboxylic acid groups (broad SMARTS) is 1. The first-order chi connectivity index (χ1) is 7.25. The summed E-state index contributed by atoms with van der Waals surface area (Å²) >= 11 is 0. The van der Waals surface area contributed by atoms with E-state index in [9.17, 15) is 4.79 Å². The molecule has 0 saturated carbocycles. The highest BCUT2D eigenvalue weighted by molar-refractivity contribution is 5.67. The molecule has 0 amide bonds. The first-order valence-electron chi connectivity index (χ1n) is 5.16. The smallest absolute Gasteiger partial charge is 0.303 e. The maximum Gasteiger partial charge on any atom is 0.303 e. The molecule has 80 valence electrons. The summed E-state index contributed by atoms with van der Waals surface area (Å²) in [7, 11) is 0. The summed E-state index contributed by atoms with van der Waals surface area (Å²) in [6.07, 6.45) is 1.76. The number of aryl methyl sites for hydroxylation is 1. The van der Waals surface area contributed by atoms with Gasteiger partial charge in [-0.15, -0.1) is 0 Å². The van der Waals surface area contributed by atoms with E-state index in [1.54, 1.807) is 0 Å². The number of fused-ring (bicyclic) bond motifs is 1. The second kappa shape index (κ2) is 4.45. The quantitative estimate of drug-likeness (QED) is 0.819. The molecule has 2 rings (SSSR count). The molecule has 1 aromatic rings. The minimum absolute atomic E-state index is 0.194. The van der Waals surface area contributed by atoms with Gasteiger partial charge in [-0.05, 0) is 29.5 Å². The zero-order valence-corrected chi connectivity index (χ0v) is 8.53.